The van der Waals surface area contributed by atoms with Crippen molar-refractivity contribution in [1.82, 2.24) is 0 Å². The number of Topliss-reactive ketones (excluding diaryl/α,β-unsaturated/α-hetero) is 2. The molecule has 198 valence electrons. The van der Waals surface area contributed by atoms with Crippen molar-refractivity contribution in [3.8, 4) is 0 Å². The summed E-state index contributed by atoms with van der Waals surface area (Å²) < 4.78 is 10.9. The summed E-state index contributed by atoms with van der Waals surface area (Å²) in [4.78, 5) is 62.8. The van der Waals surface area contributed by atoms with Gasteiger partial charge in [0.1, 0.15) is 18.5 Å². The van der Waals surface area contributed by atoms with Crippen LogP contribution in [0.25, 0.3) is 0 Å². The van der Waals surface area contributed by atoms with Gasteiger partial charge in [-0.25, -0.2) is 0 Å². The maximum atomic E-state index is 13.8. The van der Waals surface area contributed by atoms with Crippen molar-refractivity contribution in [2.45, 2.75) is 86.7 Å². The summed E-state index contributed by atoms with van der Waals surface area (Å²) in [6.45, 7) is 12.8. The zero-order chi connectivity index (χ0) is 26.8. The van der Waals surface area contributed by atoms with Gasteiger partial charge in [-0.15, -0.1) is 0 Å². The van der Waals surface area contributed by atoms with Crippen molar-refractivity contribution < 1.29 is 33.4 Å². The van der Waals surface area contributed by atoms with Crippen LogP contribution in [0.4, 0.5) is 0 Å². The van der Waals surface area contributed by atoms with Crippen molar-refractivity contribution in [1.29, 1.82) is 0 Å². The van der Waals surface area contributed by atoms with Gasteiger partial charge in [-0.2, -0.15) is 0 Å². The second-order valence-corrected chi connectivity index (χ2v) is 13.0. The van der Waals surface area contributed by atoms with E-state index in [0.29, 0.717) is 12.8 Å². The van der Waals surface area contributed by atoms with Gasteiger partial charge in [0.15, 0.2) is 11.6 Å². The molecule has 7 heteroatoms. The van der Waals surface area contributed by atoms with Crippen molar-refractivity contribution in [2.24, 2.45) is 45.3 Å². The highest BCUT2D eigenvalue weighted by atomic mass is 16.5. The Kier molecular flexibility index (Phi) is 6.41. The molecule has 3 unspecified atom stereocenters. The lowest BCUT2D eigenvalue weighted by atomic mass is 9.37. The van der Waals surface area contributed by atoms with Gasteiger partial charge in [0.05, 0.1) is 0 Å². The average Bonchev–Trinajstić information content (AvgIpc) is 3.01. The van der Waals surface area contributed by atoms with E-state index < -0.39 is 28.3 Å². The van der Waals surface area contributed by atoms with E-state index in [4.69, 9.17) is 9.47 Å². The molecular formula is C29H40O7. The van der Waals surface area contributed by atoms with E-state index in [-0.39, 0.29) is 65.4 Å². The summed E-state index contributed by atoms with van der Waals surface area (Å²) in [6, 6.07) is 0. The van der Waals surface area contributed by atoms with Gasteiger partial charge in [0, 0.05) is 43.4 Å². The topological polar surface area (TPSA) is 104 Å². The number of rotatable bonds is 5. The van der Waals surface area contributed by atoms with Gasteiger partial charge < -0.3 is 9.47 Å². The number of carbonyl (C=O) groups is 5. The van der Waals surface area contributed by atoms with Crippen LogP contribution in [0.3, 0.4) is 0 Å². The molecule has 3 saturated carbocycles. The lowest BCUT2D eigenvalue weighted by Gasteiger charge is -2.67. The molecule has 0 aromatic heterocycles. The van der Waals surface area contributed by atoms with Crippen LogP contribution in [0.5, 0.6) is 0 Å². The summed E-state index contributed by atoms with van der Waals surface area (Å²) in [5.74, 6) is -1.38. The Morgan fingerprint density at radius 1 is 1.00 bits per heavy atom. The van der Waals surface area contributed by atoms with Crippen molar-refractivity contribution in [3.05, 3.63) is 12.2 Å². The summed E-state index contributed by atoms with van der Waals surface area (Å²) in [5.41, 5.74) is -1.99. The summed E-state index contributed by atoms with van der Waals surface area (Å²) in [5, 5.41) is 0. The van der Waals surface area contributed by atoms with Crippen LogP contribution < -0.4 is 0 Å². The molecule has 4 aliphatic carbocycles. The number of allylic oxidation sites excluding steroid dienone is 2. The molecule has 0 heterocycles. The maximum Gasteiger partial charge on any atom is 0.303 e. The van der Waals surface area contributed by atoms with Crippen LogP contribution in [-0.4, -0.2) is 42.0 Å². The molecule has 3 fully saturated rings. The van der Waals surface area contributed by atoms with Crippen LogP contribution in [0.2, 0.25) is 0 Å². The van der Waals surface area contributed by atoms with Gasteiger partial charge in [-0.3, -0.25) is 24.0 Å². The Balaban J connectivity index is 1.75. The van der Waals surface area contributed by atoms with Gasteiger partial charge in [-0.1, -0.05) is 40.7 Å². The third kappa shape index (κ3) is 3.79. The fourth-order valence-corrected chi connectivity index (χ4v) is 9.07. The Labute approximate surface area is 213 Å². The Bertz CT molecular complexity index is 1040. The molecule has 0 radical (unpaired) electrons. The lowest BCUT2D eigenvalue weighted by Crippen LogP contribution is -2.67. The number of hydrogen-bond acceptors (Lipinski definition) is 7. The molecule has 7 nitrogen and oxygen atoms in total. The van der Waals surface area contributed by atoms with Crippen LogP contribution in [0, 0.1) is 45.3 Å². The van der Waals surface area contributed by atoms with Crippen LogP contribution in [0.15, 0.2) is 12.2 Å². The molecule has 36 heavy (non-hydrogen) atoms. The number of fused-ring (bicyclic) bond motifs is 5. The van der Waals surface area contributed by atoms with Gasteiger partial charge in [0.2, 0.25) is 0 Å². The van der Waals surface area contributed by atoms with Gasteiger partial charge in [0.25, 0.3) is 0 Å². The first kappa shape index (κ1) is 26.7. The second kappa shape index (κ2) is 8.63. The molecule has 0 bridgehead atoms. The minimum Gasteiger partial charge on any atom is -0.462 e. The van der Waals surface area contributed by atoms with E-state index in [9.17, 15) is 24.0 Å². The number of carbonyl (C=O) groups excluding carboxylic acids is 5. The Hall–Kier alpha value is -2.31. The highest BCUT2D eigenvalue weighted by Gasteiger charge is 2.72. The molecule has 0 amide bonds. The van der Waals surface area contributed by atoms with Crippen molar-refractivity contribution in [2.75, 3.05) is 6.61 Å². The molecular weight excluding hydrogens is 460 g/mol. The number of esters is 2. The quantitative estimate of drug-likeness (QED) is 0.520. The molecule has 0 spiro atoms. The molecule has 0 aromatic rings. The molecule has 8 atom stereocenters. The van der Waals surface area contributed by atoms with Crippen LogP contribution in [-0.2, 0) is 33.4 Å². The van der Waals surface area contributed by atoms with Gasteiger partial charge >= 0.3 is 11.9 Å². The predicted octanol–water partition coefficient (Wildman–Crippen LogP) is 4.26. The third-order valence-corrected chi connectivity index (χ3v) is 10.7. The minimum atomic E-state index is -0.629. The zero-order valence-electron chi connectivity index (χ0n) is 22.6. The fraction of sp³-hybridized carbons (Fsp3) is 0.759. The predicted molar refractivity (Wildman–Crippen MR) is 131 cm³/mol. The number of ketones is 3. The van der Waals surface area contributed by atoms with Crippen LogP contribution >= 0.6 is 0 Å². The Morgan fingerprint density at radius 3 is 2.28 bits per heavy atom. The standard InChI is InChI=1S/C29H40O7/c1-16(30)35-15-19(32)12-18-13-20(33)25-27(18,5)10-8-21-28(6)11-9-23(34)26(3,4)22(28)14-24(29(21,25)7)36-17(2)31/h9,11,18,21-22,24-25H,8,10,12-15H2,1-7H3/t18-,21?,22?,24-,25?,27+,28-,29+/m1/s1. The molecule has 0 aromatic carbocycles. The monoisotopic (exact) mass is 500 g/mol. The van der Waals surface area contributed by atoms with E-state index >= 15 is 0 Å². The summed E-state index contributed by atoms with van der Waals surface area (Å²) >= 11 is 0. The average molecular weight is 501 g/mol. The molecule has 0 saturated heterocycles. The minimum absolute atomic E-state index is 0.0214. The zero-order valence-corrected chi connectivity index (χ0v) is 22.6. The van der Waals surface area contributed by atoms with Crippen molar-refractivity contribution >= 4 is 29.3 Å². The Morgan fingerprint density at radius 2 is 1.67 bits per heavy atom. The number of ether oxygens (including phenoxy) is 2. The smallest absolute Gasteiger partial charge is 0.303 e. The highest BCUT2D eigenvalue weighted by Crippen LogP contribution is 2.72. The normalized spacial score (nSPS) is 42.7. The largest absolute Gasteiger partial charge is 0.462 e. The third-order valence-electron chi connectivity index (χ3n) is 10.7. The first-order valence-corrected chi connectivity index (χ1v) is 13.2. The van der Waals surface area contributed by atoms with E-state index in [1.54, 1.807) is 6.08 Å². The SMILES string of the molecule is CC(=O)OCC(=O)C[C@@H]1CC(=O)C2[C@@]3(C)C(CC[C@]21C)[C@@]1(C)C=CC(=O)C(C)(C)C1C[C@H]3OC(C)=O. The first-order chi connectivity index (χ1) is 16.6. The molecule has 4 aliphatic rings. The highest BCUT2D eigenvalue weighted by molar-refractivity contribution is 5.96. The van der Waals surface area contributed by atoms with Gasteiger partial charge in [-0.05, 0) is 53.9 Å². The van der Waals surface area contributed by atoms with E-state index in [2.05, 4.69) is 26.8 Å². The fourth-order valence-electron chi connectivity index (χ4n) is 9.07. The maximum absolute atomic E-state index is 13.8. The lowest BCUT2D eigenvalue weighted by molar-refractivity contribution is -0.223. The van der Waals surface area contributed by atoms with Crippen molar-refractivity contribution in [3.63, 3.8) is 0 Å². The van der Waals surface area contributed by atoms with E-state index in [0.717, 1.165) is 12.8 Å². The molecule has 4 rings (SSSR count). The van der Waals surface area contributed by atoms with E-state index in [1.807, 2.05) is 13.8 Å². The molecule has 0 aliphatic heterocycles. The first-order valence-electron chi connectivity index (χ1n) is 13.2. The molecule has 0 N–H and O–H groups in total. The summed E-state index contributed by atoms with van der Waals surface area (Å²) in [6.07, 6.45) is 5.85. The van der Waals surface area contributed by atoms with Crippen LogP contribution in [0.1, 0.15) is 80.6 Å². The summed E-state index contributed by atoms with van der Waals surface area (Å²) in [7, 11) is 0. The second-order valence-electron chi connectivity index (χ2n) is 13.0. The van der Waals surface area contributed by atoms with E-state index in [1.165, 1.54) is 13.8 Å². The number of hydrogen-bond donors (Lipinski definition) is 0.